The second-order valence-corrected chi connectivity index (χ2v) is 6.50. The van der Waals surface area contributed by atoms with E-state index in [0.717, 1.165) is 24.6 Å². The van der Waals surface area contributed by atoms with E-state index in [1.807, 2.05) is 18.2 Å². The third-order valence-corrected chi connectivity index (χ3v) is 4.84. The minimum absolute atomic E-state index is 0.205. The number of hydrogen-bond donors (Lipinski definition) is 2. The van der Waals surface area contributed by atoms with Gasteiger partial charge in [-0.2, -0.15) is 0 Å². The van der Waals surface area contributed by atoms with Gasteiger partial charge in [-0.1, -0.05) is 37.5 Å². The van der Waals surface area contributed by atoms with Crippen molar-refractivity contribution < 1.29 is 23.8 Å². The molecule has 0 aliphatic heterocycles. The lowest BCUT2D eigenvalue weighted by Gasteiger charge is -2.22. The number of ether oxygens (including phenoxy) is 1. The fourth-order valence-electron chi connectivity index (χ4n) is 3.58. The SMILES string of the molecule is COCc1c(C(=O)N[C@H]2CCCCC[C@H]2C(=O)O)oc2ccccc12. The van der Waals surface area contributed by atoms with Crippen LogP contribution in [0, 0.1) is 5.92 Å². The Bertz CT molecular complexity index is 766. The van der Waals surface area contributed by atoms with Gasteiger partial charge in [0.1, 0.15) is 5.58 Å². The van der Waals surface area contributed by atoms with Gasteiger partial charge >= 0.3 is 5.97 Å². The number of nitrogens with one attached hydrogen (secondary N) is 1. The molecule has 0 saturated heterocycles. The van der Waals surface area contributed by atoms with E-state index < -0.39 is 11.9 Å². The monoisotopic (exact) mass is 345 g/mol. The summed E-state index contributed by atoms with van der Waals surface area (Å²) in [5, 5.41) is 13.2. The van der Waals surface area contributed by atoms with Crippen LogP contribution in [0.4, 0.5) is 0 Å². The number of carboxylic acid groups (broad SMARTS) is 1. The van der Waals surface area contributed by atoms with Crippen molar-refractivity contribution >= 4 is 22.8 Å². The van der Waals surface area contributed by atoms with Gasteiger partial charge in [0, 0.05) is 24.1 Å². The maximum atomic E-state index is 12.8. The number of rotatable bonds is 5. The van der Waals surface area contributed by atoms with Crippen LogP contribution < -0.4 is 5.32 Å². The van der Waals surface area contributed by atoms with Crippen LogP contribution in [0.1, 0.15) is 48.2 Å². The average Bonchev–Trinajstić information content (AvgIpc) is 2.79. The van der Waals surface area contributed by atoms with Crippen molar-refractivity contribution in [1.29, 1.82) is 0 Å². The molecule has 2 atom stereocenters. The molecule has 6 heteroatoms. The number of hydrogen-bond acceptors (Lipinski definition) is 4. The van der Waals surface area contributed by atoms with E-state index in [4.69, 9.17) is 9.15 Å². The van der Waals surface area contributed by atoms with Gasteiger partial charge in [0.05, 0.1) is 12.5 Å². The van der Waals surface area contributed by atoms with Crippen LogP contribution in [-0.2, 0) is 16.1 Å². The Labute approximate surface area is 146 Å². The summed E-state index contributed by atoms with van der Waals surface area (Å²) < 4.78 is 11.0. The van der Waals surface area contributed by atoms with Gasteiger partial charge in [0.2, 0.25) is 0 Å². The molecule has 1 aliphatic rings. The number of carbonyl (C=O) groups excluding carboxylic acids is 1. The maximum Gasteiger partial charge on any atom is 0.308 e. The van der Waals surface area contributed by atoms with Gasteiger partial charge in [0.25, 0.3) is 5.91 Å². The van der Waals surface area contributed by atoms with Crippen molar-refractivity contribution in [2.45, 2.75) is 44.8 Å². The first-order valence-corrected chi connectivity index (χ1v) is 8.65. The number of fused-ring (bicyclic) bond motifs is 1. The first kappa shape index (κ1) is 17.5. The molecule has 1 aliphatic carbocycles. The number of furan rings is 1. The van der Waals surface area contributed by atoms with Gasteiger partial charge in [-0.15, -0.1) is 0 Å². The number of carboxylic acids is 1. The zero-order valence-electron chi connectivity index (χ0n) is 14.3. The summed E-state index contributed by atoms with van der Waals surface area (Å²) in [5.41, 5.74) is 1.31. The van der Waals surface area contributed by atoms with Crippen LogP contribution >= 0.6 is 0 Å². The molecule has 134 valence electrons. The number of methoxy groups -OCH3 is 1. The van der Waals surface area contributed by atoms with Gasteiger partial charge in [-0.3, -0.25) is 9.59 Å². The molecule has 1 amide bonds. The molecule has 1 heterocycles. The highest BCUT2D eigenvalue weighted by Gasteiger charge is 2.32. The summed E-state index contributed by atoms with van der Waals surface area (Å²) in [7, 11) is 1.56. The number of amides is 1. The summed E-state index contributed by atoms with van der Waals surface area (Å²) in [6, 6.07) is 7.03. The lowest BCUT2D eigenvalue weighted by Crippen LogP contribution is -2.43. The highest BCUT2D eigenvalue weighted by atomic mass is 16.5. The Balaban J connectivity index is 1.88. The number of benzene rings is 1. The molecular formula is C19H23NO5. The maximum absolute atomic E-state index is 12.8. The molecular weight excluding hydrogens is 322 g/mol. The second kappa shape index (κ2) is 7.70. The van der Waals surface area contributed by atoms with Crippen LogP contribution in [0.5, 0.6) is 0 Å². The van der Waals surface area contributed by atoms with E-state index in [1.165, 1.54) is 0 Å². The smallest absolute Gasteiger partial charge is 0.308 e. The molecule has 6 nitrogen and oxygen atoms in total. The fourth-order valence-corrected chi connectivity index (χ4v) is 3.58. The average molecular weight is 345 g/mol. The van der Waals surface area contributed by atoms with E-state index >= 15 is 0 Å². The molecule has 25 heavy (non-hydrogen) atoms. The van der Waals surface area contributed by atoms with Crippen LogP contribution in [0.2, 0.25) is 0 Å². The zero-order chi connectivity index (χ0) is 17.8. The van der Waals surface area contributed by atoms with E-state index in [2.05, 4.69) is 5.32 Å². The van der Waals surface area contributed by atoms with Crippen LogP contribution in [0.3, 0.4) is 0 Å². The standard InChI is InChI=1S/C19H23NO5/c1-24-11-14-12-7-5-6-10-16(12)25-17(14)18(21)20-15-9-4-2-3-8-13(15)19(22)23/h5-7,10,13,15H,2-4,8-9,11H2,1H3,(H,20,21)(H,22,23)/t13-,15+/m1/s1. The van der Waals surface area contributed by atoms with Gasteiger partial charge < -0.3 is 19.6 Å². The number of aliphatic carboxylic acids is 1. The third kappa shape index (κ3) is 3.69. The molecule has 0 unspecified atom stereocenters. The lowest BCUT2D eigenvalue weighted by molar-refractivity contribution is -0.142. The summed E-state index contributed by atoms with van der Waals surface area (Å²) in [6.07, 6.45) is 4.05. The molecule has 0 radical (unpaired) electrons. The Morgan fingerprint density at radius 1 is 1.24 bits per heavy atom. The summed E-state index contributed by atoms with van der Waals surface area (Å²) >= 11 is 0. The second-order valence-electron chi connectivity index (χ2n) is 6.50. The van der Waals surface area contributed by atoms with E-state index in [-0.39, 0.29) is 24.3 Å². The van der Waals surface area contributed by atoms with Crippen LogP contribution in [0.25, 0.3) is 11.0 Å². The summed E-state index contributed by atoms with van der Waals surface area (Å²) in [4.78, 5) is 24.4. The Hall–Kier alpha value is -2.34. The van der Waals surface area contributed by atoms with E-state index in [9.17, 15) is 14.7 Å². The van der Waals surface area contributed by atoms with E-state index in [0.29, 0.717) is 24.0 Å². The normalized spacial score (nSPS) is 21.0. The largest absolute Gasteiger partial charge is 0.481 e. The van der Waals surface area contributed by atoms with Crippen molar-refractivity contribution in [3.8, 4) is 0 Å². The predicted molar refractivity (Wildman–Crippen MR) is 92.4 cm³/mol. The van der Waals surface area contributed by atoms with E-state index in [1.54, 1.807) is 13.2 Å². The van der Waals surface area contributed by atoms with Crippen molar-refractivity contribution in [3.05, 3.63) is 35.6 Å². The highest BCUT2D eigenvalue weighted by molar-refractivity contribution is 5.99. The quantitative estimate of drug-likeness (QED) is 0.811. The first-order valence-electron chi connectivity index (χ1n) is 8.65. The molecule has 1 saturated carbocycles. The van der Waals surface area contributed by atoms with Crippen molar-refractivity contribution in [2.24, 2.45) is 5.92 Å². The van der Waals surface area contributed by atoms with Gasteiger partial charge in [-0.05, 0) is 18.9 Å². The Morgan fingerprint density at radius 3 is 2.76 bits per heavy atom. The van der Waals surface area contributed by atoms with Crippen LogP contribution in [0.15, 0.2) is 28.7 Å². The molecule has 3 rings (SSSR count). The first-order chi connectivity index (χ1) is 12.1. The fraction of sp³-hybridized carbons (Fsp3) is 0.474. The number of para-hydroxylation sites is 1. The molecule has 1 aromatic heterocycles. The van der Waals surface area contributed by atoms with Crippen molar-refractivity contribution in [3.63, 3.8) is 0 Å². The molecule has 2 N–H and O–H groups in total. The minimum Gasteiger partial charge on any atom is -0.481 e. The zero-order valence-corrected chi connectivity index (χ0v) is 14.3. The van der Waals surface area contributed by atoms with Crippen molar-refractivity contribution in [1.82, 2.24) is 5.32 Å². The minimum atomic E-state index is -0.853. The topological polar surface area (TPSA) is 88.8 Å². The molecule has 0 bridgehead atoms. The summed E-state index contributed by atoms with van der Waals surface area (Å²) in [6.45, 7) is 0.257. The van der Waals surface area contributed by atoms with Gasteiger partial charge in [0.15, 0.2) is 5.76 Å². The molecule has 1 fully saturated rings. The third-order valence-electron chi connectivity index (χ3n) is 4.84. The van der Waals surface area contributed by atoms with Crippen molar-refractivity contribution in [2.75, 3.05) is 7.11 Å². The highest BCUT2D eigenvalue weighted by Crippen LogP contribution is 2.28. The van der Waals surface area contributed by atoms with Crippen LogP contribution in [-0.4, -0.2) is 30.1 Å². The predicted octanol–water partition coefficient (Wildman–Crippen LogP) is 3.34. The molecule has 1 aromatic carbocycles. The molecule has 0 spiro atoms. The molecule has 2 aromatic rings. The summed E-state index contributed by atoms with van der Waals surface area (Å²) in [5.74, 6) is -1.58. The number of carbonyl (C=O) groups is 2. The Morgan fingerprint density at radius 2 is 2.00 bits per heavy atom. The Kier molecular flexibility index (Phi) is 5.38. The lowest BCUT2D eigenvalue weighted by atomic mass is 9.94. The van der Waals surface area contributed by atoms with Gasteiger partial charge in [-0.25, -0.2) is 0 Å².